The number of carbonyl (C=O) groups excluding carboxylic acids is 1. The minimum atomic E-state index is 0.253. The Bertz CT molecular complexity index is 371. The maximum absolute atomic E-state index is 10.5. The highest BCUT2D eigenvalue weighted by Gasteiger charge is 2.23. The summed E-state index contributed by atoms with van der Waals surface area (Å²) in [5.41, 5.74) is 2.45. The van der Waals surface area contributed by atoms with E-state index in [9.17, 15) is 4.79 Å². The molecule has 2 rings (SSSR count). The van der Waals surface area contributed by atoms with Gasteiger partial charge in [0.2, 0.25) is 0 Å². The van der Waals surface area contributed by atoms with Crippen LogP contribution in [-0.2, 0) is 11.2 Å². The smallest absolute Gasteiger partial charge is 0.126 e. The van der Waals surface area contributed by atoms with Crippen LogP contribution in [0.5, 0.6) is 5.75 Å². The van der Waals surface area contributed by atoms with Crippen LogP contribution < -0.4 is 4.74 Å². The van der Waals surface area contributed by atoms with E-state index in [1.54, 1.807) is 0 Å². The number of ether oxygens (including phenoxy) is 1. The molecule has 80 valence electrons. The number of fused-ring (bicyclic) bond motifs is 1. The molecule has 1 aliphatic heterocycles. The Morgan fingerprint density at radius 3 is 3.13 bits per heavy atom. The molecule has 0 aliphatic carbocycles. The molecule has 1 aliphatic rings. The van der Waals surface area contributed by atoms with Crippen molar-refractivity contribution in [1.82, 2.24) is 0 Å². The molecule has 0 saturated heterocycles. The topological polar surface area (TPSA) is 26.3 Å². The van der Waals surface area contributed by atoms with E-state index in [0.29, 0.717) is 6.42 Å². The number of para-hydroxylation sites is 1. The van der Waals surface area contributed by atoms with Crippen LogP contribution in [0.25, 0.3) is 0 Å². The molecular weight excluding hydrogens is 188 g/mol. The summed E-state index contributed by atoms with van der Waals surface area (Å²) in [5.74, 6) is 1.27. The number of hydrogen-bond acceptors (Lipinski definition) is 2. The molecule has 0 bridgehead atoms. The molecule has 15 heavy (non-hydrogen) atoms. The highest BCUT2D eigenvalue weighted by molar-refractivity contribution is 5.54. The van der Waals surface area contributed by atoms with Gasteiger partial charge in [0, 0.05) is 12.8 Å². The van der Waals surface area contributed by atoms with Crippen molar-refractivity contribution in [2.45, 2.75) is 38.7 Å². The van der Waals surface area contributed by atoms with Crippen LogP contribution in [0.15, 0.2) is 18.2 Å². The second kappa shape index (κ2) is 4.05. The zero-order valence-corrected chi connectivity index (χ0v) is 9.19. The third-order valence-electron chi connectivity index (χ3n) is 2.93. The van der Waals surface area contributed by atoms with Crippen LogP contribution in [0.4, 0.5) is 0 Å². The highest BCUT2D eigenvalue weighted by Crippen LogP contribution is 2.37. The van der Waals surface area contributed by atoms with E-state index in [4.69, 9.17) is 4.74 Å². The minimum absolute atomic E-state index is 0.253. The van der Waals surface area contributed by atoms with Crippen LogP contribution in [0.3, 0.4) is 0 Å². The first-order valence-corrected chi connectivity index (χ1v) is 5.44. The zero-order chi connectivity index (χ0) is 10.8. The summed E-state index contributed by atoms with van der Waals surface area (Å²) in [6, 6.07) is 6.22. The second-order valence-electron chi connectivity index (χ2n) is 4.27. The molecule has 0 radical (unpaired) electrons. The van der Waals surface area contributed by atoms with Gasteiger partial charge < -0.3 is 9.53 Å². The van der Waals surface area contributed by atoms with Gasteiger partial charge in [0.1, 0.15) is 18.1 Å². The Labute approximate surface area is 90.3 Å². The van der Waals surface area contributed by atoms with Crippen molar-refractivity contribution in [3.8, 4) is 5.75 Å². The molecule has 0 N–H and O–H groups in total. The lowest BCUT2D eigenvalue weighted by Crippen LogP contribution is -2.06. The van der Waals surface area contributed by atoms with Gasteiger partial charge >= 0.3 is 0 Å². The van der Waals surface area contributed by atoms with Gasteiger partial charge in [-0.05, 0) is 24.0 Å². The number of aldehydes is 1. The normalized spacial score (nSPS) is 20.5. The van der Waals surface area contributed by atoms with E-state index < -0.39 is 0 Å². The first-order chi connectivity index (χ1) is 7.22. The van der Waals surface area contributed by atoms with E-state index in [-0.39, 0.29) is 12.0 Å². The quantitative estimate of drug-likeness (QED) is 0.707. The van der Waals surface area contributed by atoms with E-state index >= 15 is 0 Å². The van der Waals surface area contributed by atoms with Crippen molar-refractivity contribution in [3.05, 3.63) is 29.3 Å². The molecule has 1 heterocycles. The van der Waals surface area contributed by atoms with Crippen molar-refractivity contribution >= 4 is 6.29 Å². The molecule has 0 fully saturated rings. The molecule has 1 aromatic rings. The van der Waals surface area contributed by atoms with Crippen molar-refractivity contribution in [2.75, 3.05) is 0 Å². The summed E-state index contributed by atoms with van der Waals surface area (Å²) < 4.78 is 5.79. The SMILES string of the molecule is CC1Cc2cccc(C(C)CC=O)c2O1. The number of carbonyl (C=O) groups is 1. The van der Waals surface area contributed by atoms with E-state index in [2.05, 4.69) is 32.0 Å². The third-order valence-corrected chi connectivity index (χ3v) is 2.93. The predicted octanol–water partition coefficient (Wildman–Crippen LogP) is 2.70. The predicted molar refractivity (Wildman–Crippen MR) is 59.3 cm³/mol. The number of benzene rings is 1. The van der Waals surface area contributed by atoms with E-state index in [1.807, 2.05) is 0 Å². The Kier molecular flexibility index (Phi) is 2.76. The summed E-state index contributed by atoms with van der Waals surface area (Å²) in [4.78, 5) is 10.5. The molecule has 0 amide bonds. The molecule has 1 aromatic carbocycles. The Balaban J connectivity index is 2.33. The van der Waals surface area contributed by atoms with E-state index in [1.165, 1.54) is 11.1 Å². The fraction of sp³-hybridized carbons (Fsp3) is 0.462. The summed E-state index contributed by atoms with van der Waals surface area (Å²) >= 11 is 0. The summed E-state index contributed by atoms with van der Waals surface area (Å²) in [6.07, 6.45) is 2.79. The Morgan fingerprint density at radius 2 is 2.40 bits per heavy atom. The Hall–Kier alpha value is -1.31. The average Bonchev–Trinajstić information content (AvgIpc) is 2.57. The van der Waals surface area contributed by atoms with Gasteiger partial charge in [-0.2, -0.15) is 0 Å². The highest BCUT2D eigenvalue weighted by atomic mass is 16.5. The van der Waals surface area contributed by atoms with E-state index in [0.717, 1.165) is 18.5 Å². The van der Waals surface area contributed by atoms with Gasteiger partial charge in [-0.1, -0.05) is 25.1 Å². The van der Waals surface area contributed by atoms with Gasteiger partial charge in [0.15, 0.2) is 0 Å². The second-order valence-corrected chi connectivity index (χ2v) is 4.27. The van der Waals surface area contributed by atoms with Crippen molar-refractivity contribution in [1.29, 1.82) is 0 Å². The molecule has 0 saturated carbocycles. The van der Waals surface area contributed by atoms with Gasteiger partial charge in [-0.3, -0.25) is 0 Å². The van der Waals surface area contributed by atoms with Crippen LogP contribution in [0.1, 0.15) is 37.3 Å². The molecule has 0 spiro atoms. The fourth-order valence-electron chi connectivity index (χ4n) is 2.12. The summed E-state index contributed by atoms with van der Waals surface area (Å²) in [5, 5.41) is 0. The van der Waals surface area contributed by atoms with Gasteiger partial charge in [-0.15, -0.1) is 0 Å². The van der Waals surface area contributed by atoms with Gasteiger partial charge in [0.05, 0.1) is 0 Å². The summed E-state index contributed by atoms with van der Waals surface area (Å²) in [7, 11) is 0. The van der Waals surface area contributed by atoms with Crippen LogP contribution in [-0.4, -0.2) is 12.4 Å². The zero-order valence-electron chi connectivity index (χ0n) is 9.19. The largest absolute Gasteiger partial charge is 0.490 e. The first kappa shape index (κ1) is 10.2. The molecule has 2 unspecified atom stereocenters. The third kappa shape index (κ3) is 1.89. The lowest BCUT2D eigenvalue weighted by atomic mass is 9.95. The fourth-order valence-corrected chi connectivity index (χ4v) is 2.12. The number of hydrogen-bond donors (Lipinski definition) is 0. The molecule has 0 aromatic heterocycles. The monoisotopic (exact) mass is 204 g/mol. The van der Waals surface area contributed by atoms with Gasteiger partial charge in [0.25, 0.3) is 0 Å². The first-order valence-electron chi connectivity index (χ1n) is 5.44. The van der Waals surface area contributed by atoms with Gasteiger partial charge in [-0.25, -0.2) is 0 Å². The minimum Gasteiger partial charge on any atom is -0.490 e. The lowest BCUT2D eigenvalue weighted by Gasteiger charge is -2.13. The average molecular weight is 204 g/mol. The Morgan fingerprint density at radius 1 is 1.60 bits per heavy atom. The lowest BCUT2D eigenvalue weighted by molar-refractivity contribution is -0.108. The van der Waals surface area contributed by atoms with Crippen molar-refractivity contribution in [3.63, 3.8) is 0 Å². The van der Waals surface area contributed by atoms with Crippen molar-refractivity contribution < 1.29 is 9.53 Å². The molecular formula is C13H16O2. The van der Waals surface area contributed by atoms with Crippen LogP contribution >= 0.6 is 0 Å². The standard InChI is InChI=1S/C13H16O2/c1-9(6-7-14)12-5-3-4-11-8-10(2)15-13(11)12/h3-5,7,9-10H,6,8H2,1-2H3. The van der Waals surface area contributed by atoms with Crippen LogP contribution in [0, 0.1) is 0 Å². The van der Waals surface area contributed by atoms with Crippen molar-refractivity contribution in [2.24, 2.45) is 0 Å². The molecule has 2 nitrogen and oxygen atoms in total. The van der Waals surface area contributed by atoms with Crippen LogP contribution in [0.2, 0.25) is 0 Å². The maximum Gasteiger partial charge on any atom is 0.126 e. The molecule has 2 atom stereocenters. The molecule has 2 heteroatoms. The summed E-state index contributed by atoms with van der Waals surface area (Å²) in [6.45, 7) is 4.14. The maximum atomic E-state index is 10.5. The number of rotatable bonds is 3.